The first kappa shape index (κ1) is 17.6. The molecule has 5 nitrogen and oxygen atoms in total. The fraction of sp³-hybridized carbons (Fsp3) is 0.0500. The van der Waals surface area contributed by atoms with Gasteiger partial charge in [0.1, 0.15) is 0 Å². The number of anilines is 1. The summed E-state index contributed by atoms with van der Waals surface area (Å²) >= 11 is 5.88. The number of hydrazone groups is 1. The van der Waals surface area contributed by atoms with Crippen LogP contribution in [0.2, 0.25) is 5.02 Å². The highest BCUT2D eigenvalue weighted by atomic mass is 35.5. The van der Waals surface area contributed by atoms with Gasteiger partial charge >= 0.3 is 5.97 Å². The van der Waals surface area contributed by atoms with Gasteiger partial charge in [-0.1, -0.05) is 54.1 Å². The molecule has 6 heteroatoms. The van der Waals surface area contributed by atoms with Gasteiger partial charge in [-0.05, 0) is 36.8 Å². The third-order valence-corrected chi connectivity index (χ3v) is 4.17. The highest BCUT2D eigenvalue weighted by Gasteiger charge is 2.29. The average Bonchev–Trinajstić information content (AvgIpc) is 2.91. The first-order valence-electron chi connectivity index (χ1n) is 7.83. The summed E-state index contributed by atoms with van der Waals surface area (Å²) in [5.41, 5.74) is 2.30. The molecule has 1 N–H and O–H groups in total. The number of carbonyl (C=O) groups is 2. The van der Waals surface area contributed by atoms with Gasteiger partial charge in [0.15, 0.2) is 0 Å². The number of allylic oxidation sites excluding steroid dienone is 2. The van der Waals surface area contributed by atoms with Crippen LogP contribution in [0.4, 0.5) is 5.69 Å². The van der Waals surface area contributed by atoms with Crippen LogP contribution in [-0.4, -0.2) is 22.7 Å². The SMILES string of the molecule is CC1=NN(c2ccc(Cl)c(C(=O)O)c2)C(=O)/C1=C\C=C/c1ccccc1. The molecule has 1 aliphatic rings. The van der Waals surface area contributed by atoms with Crippen molar-refractivity contribution in [2.75, 3.05) is 5.01 Å². The summed E-state index contributed by atoms with van der Waals surface area (Å²) in [6, 6.07) is 14.1. The molecule has 2 aromatic carbocycles. The number of aromatic carboxylic acids is 1. The molecule has 0 saturated heterocycles. The van der Waals surface area contributed by atoms with E-state index < -0.39 is 5.97 Å². The minimum atomic E-state index is -1.16. The maximum absolute atomic E-state index is 12.7. The second kappa shape index (κ2) is 7.37. The van der Waals surface area contributed by atoms with Crippen LogP contribution in [0.5, 0.6) is 0 Å². The summed E-state index contributed by atoms with van der Waals surface area (Å²) in [7, 11) is 0. The van der Waals surface area contributed by atoms with Crippen LogP contribution in [0.15, 0.2) is 71.4 Å². The minimum Gasteiger partial charge on any atom is -0.478 e. The number of amides is 1. The zero-order valence-corrected chi connectivity index (χ0v) is 14.6. The number of carbonyl (C=O) groups excluding carboxylic acids is 1. The Kier molecular flexibility index (Phi) is 5.00. The first-order chi connectivity index (χ1) is 12.5. The Balaban J connectivity index is 1.86. The molecule has 26 heavy (non-hydrogen) atoms. The van der Waals surface area contributed by atoms with Gasteiger partial charge in [-0.3, -0.25) is 4.79 Å². The Hall–Kier alpha value is -3.18. The smallest absolute Gasteiger partial charge is 0.337 e. The van der Waals surface area contributed by atoms with E-state index in [1.54, 1.807) is 25.1 Å². The molecule has 0 fully saturated rings. The lowest BCUT2D eigenvalue weighted by molar-refractivity contribution is -0.114. The van der Waals surface area contributed by atoms with Crippen molar-refractivity contribution in [2.45, 2.75) is 6.92 Å². The van der Waals surface area contributed by atoms with Crippen LogP contribution >= 0.6 is 11.6 Å². The van der Waals surface area contributed by atoms with Crippen LogP contribution in [0, 0.1) is 0 Å². The van der Waals surface area contributed by atoms with Crippen molar-refractivity contribution in [3.63, 3.8) is 0 Å². The van der Waals surface area contributed by atoms with E-state index in [2.05, 4.69) is 5.10 Å². The Labute approximate surface area is 155 Å². The summed E-state index contributed by atoms with van der Waals surface area (Å²) in [5.74, 6) is -1.48. The number of nitrogens with zero attached hydrogens (tertiary/aromatic N) is 2. The van der Waals surface area contributed by atoms with E-state index in [-0.39, 0.29) is 16.5 Å². The van der Waals surface area contributed by atoms with E-state index in [1.807, 2.05) is 36.4 Å². The lowest BCUT2D eigenvalue weighted by Crippen LogP contribution is -2.21. The fourth-order valence-electron chi connectivity index (χ4n) is 2.51. The maximum Gasteiger partial charge on any atom is 0.337 e. The van der Waals surface area contributed by atoms with Crippen molar-refractivity contribution in [2.24, 2.45) is 5.10 Å². The zero-order valence-electron chi connectivity index (χ0n) is 13.9. The van der Waals surface area contributed by atoms with Gasteiger partial charge in [-0.25, -0.2) is 4.79 Å². The molecule has 0 unspecified atom stereocenters. The number of benzene rings is 2. The van der Waals surface area contributed by atoms with Crippen LogP contribution in [-0.2, 0) is 4.79 Å². The lowest BCUT2D eigenvalue weighted by Gasteiger charge is -2.12. The molecule has 0 spiro atoms. The van der Waals surface area contributed by atoms with Crippen molar-refractivity contribution in [3.05, 3.63) is 82.4 Å². The Bertz CT molecular complexity index is 962. The molecule has 130 valence electrons. The molecule has 0 saturated carbocycles. The van der Waals surface area contributed by atoms with Crippen molar-refractivity contribution in [1.82, 2.24) is 0 Å². The van der Waals surface area contributed by atoms with E-state index >= 15 is 0 Å². The van der Waals surface area contributed by atoms with Crippen LogP contribution < -0.4 is 5.01 Å². The van der Waals surface area contributed by atoms with E-state index in [4.69, 9.17) is 11.6 Å². The molecule has 0 radical (unpaired) electrons. The molecular weight excluding hydrogens is 352 g/mol. The zero-order chi connectivity index (χ0) is 18.7. The monoisotopic (exact) mass is 366 g/mol. The summed E-state index contributed by atoms with van der Waals surface area (Å²) < 4.78 is 0. The average molecular weight is 367 g/mol. The Morgan fingerprint density at radius 3 is 2.62 bits per heavy atom. The predicted molar refractivity (Wildman–Crippen MR) is 103 cm³/mol. The Morgan fingerprint density at radius 1 is 1.19 bits per heavy atom. The molecule has 1 amide bonds. The van der Waals surface area contributed by atoms with Gasteiger partial charge < -0.3 is 5.11 Å². The van der Waals surface area contributed by atoms with Crippen molar-refractivity contribution in [1.29, 1.82) is 0 Å². The van der Waals surface area contributed by atoms with E-state index in [0.717, 1.165) is 5.56 Å². The maximum atomic E-state index is 12.7. The van der Waals surface area contributed by atoms with Gasteiger partial charge in [0.25, 0.3) is 5.91 Å². The summed E-state index contributed by atoms with van der Waals surface area (Å²) in [5, 5.41) is 14.7. The van der Waals surface area contributed by atoms with E-state index in [1.165, 1.54) is 17.1 Å². The van der Waals surface area contributed by atoms with Crippen LogP contribution in [0.25, 0.3) is 6.08 Å². The standard InChI is InChI=1S/C20H15ClN2O3/c1-13-16(9-5-8-14-6-3-2-4-7-14)19(24)23(22-13)15-10-11-18(21)17(12-15)20(25)26/h2-12H,1H3,(H,25,26)/b8-5-,16-9-. The predicted octanol–water partition coefficient (Wildman–Crippen LogP) is 4.40. The number of carboxylic acid groups (broad SMARTS) is 1. The van der Waals surface area contributed by atoms with Crippen molar-refractivity contribution in [3.8, 4) is 0 Å². The van der Waals surface area contributed by atoms with E-state index in [0.29, 0.717) is 17.0 Å². The van der Waals surface area contributed by atoms with Gasteiger partial charge in [-0.15, -0.1) is 0 Å². The van der Waals surface area contributed by atoms with Gasteiger partial charge in [0.05, 0.1) is 27.6 Å². The number of hydrogen-bond donors (Lipinski definition) is 1. The van der Waals surface area contributed by atoms with Crippen LogP contribution in [0.1, 0.15) is 22.8 Å². The summed E-state index contributed by atoms with van der Waals surface area (Å²) in [6.07, 6.45) is 5.37. The third-order valence-electron chi connectivity index (χ3n) is 3.84. The topological polar surface area (TPSA) is 70.0 Å². The molecule has 0 aliphatic carbocycles. The summed E-state index contributed by atoms with van der Waals surface area (Å²) in [4.78, 5) is 23.9. The molecular formula is C20H15ClN2O3. The molecule has 0 bridgehead atoms. The lowest BCUT2D eigenvalue weighted by atomic mass is 10.1. The Morgan fingerprint density at radius 2 is 1.92 bits per heavy atom. The molecule has 1 aliphatic heterocycles. The molecule has 3 rings (SSSR count). The first-order valence-corrected chi connectivity index (χ1v) is 8.21. The van der Waals surface area contributed by atoms with Crippen LogP contribution in [0.3, 0.4) is 0 Å². The number of halogens is 1. The number of carboxylic acids is 1. The number of rotatable bonds is 4. The minimum absolute atomic E-state index is 0.0776. The quantitative estimate of drug-likeness (QED) is 0.815. The van der Waals surface area contributed by atoms with E-state index in [9.17, 15) is 14.7 Å². The van der Waals surface area contributed by atoms with Crippen molar-refractivity contribution < 1.29 is 14.7 Å². The third kappa shape index (κ3) is 3.58. The molecule has 0 atom stereocenters. The fourth-order valence-corrected chi connectivity index (χ4v) is 2.71. The number of hydrogen-bond acceptors (Lipinski definition) is 3. The molecule has 0 aromatic heterocycles. The molecule has 2 aromatic rings. The highest BCUT2D eigenvalue weighted by Crippen LogP contribution is 2.28. The second-order valence-corrected chi connectivity index (χ2v) is 6.03. The van der Waals surface area contributed by atoms with Gasteiger partial charge in [0.2, 0.25) is 0 Å². The molecule has 1 heterocycles. The largest absolute Gasteiger partial charge is 0.478 e. The van der Waals surface area contributed by atoms with Crippen molar-refractivity contribution >= 4 is 41.0 Å². The van der Waals surface area contributed by atoms with Gasteiger partial charge in [-0.2, -0.15) is 10.1 Å². The highest BCUT2D eigenvalue weighted by molar-refractivity contribution is 6.34. The second-order valence-electron chi connectivity index (χ2n) is 5.62. The van der Waals surface area contributed by atoms with Gasteiger partial charge in [0, 0.05) is 0 Å². The summed E-state index contributed by atoms with van der Waals surface area (Å²) in [6.45, 7) is 1.73. The normalized spacial score (nSPS) is 15.8.